The van der Waals surface area contributed by atoms with E-state index in [1.165, 1.54) is 18.4 Å². The van der Waals surface area contributed by atoms with Crippen molar-refractivity contribution < 1.29 is 9.47 Å². The molecule has 0 saturated carbocycles. The molecule has 0 bridgehead atoms. The van der Waals surface area contributed by atoms with Crippen molar-refractivity contribution in [2.75, 3.05) is 14.2 Å². The molecule has 0 spiro atoms. The first-order valence-corrected chi connectivity index (χ1v) is 5.77. The lowest BCUT2D eigenvalue weighted by Gasteiger charge is -2.19. The third-order valence-corrected chi connectivity index (χ3v) is 3.28. The highest BCUT2D eigenvalue weighted by Gasteiger charge is 2.22. The average Bonchev–Trinajstić information content (AvgIpc) is 2.51. The summed E-state index contributed by atoms with van der Waals surface area (Å²) >= 11 is 0. The van der Waals surface area contributed by atoms with E-state index >= 15 is 0 Å². The molecule has 1 atom stereocenters. The smallest absolute Gasteiger partial charge is 0.124 e. The Morgan fingerprint density at radius 1 is 1.12 bits per heavy atom. The van der Waals surface area contributed by atoms with Crippen molar-refractivity contribution in [1.82, 2.24) is 0 Å². The highest BCUT2D eigenvalue weighted by Crippen LogP contribution is 2.38. The zero-order valence-corrected chi connectivity index (χ0v) is 9.95. The van der Waals surface area contributed by atoms with Crippen LogP contribution >= 0.6 is 0 Å². The van der Waals surface area contributed by atoms with Crippen LogP contribution in [-0.4, -0.2) is 14.2 Å². The first-order chi connectivity index (χ1) is 7.77. The van der Waals surface area contributed by atoms with Crippen molar-refractivity contribution in [3.8, 4) is 11.5 Å². The first-order valence-electron chi connectivity index (χ1n) is 5.77. The highest BCUT2D eigenvalue weighted by molar-refractivity contribution is 5.50. The van der Waals surface area contributed by atoms with Gasteiger partial charge in [-0.05, 0) is 31.4 Å². The monoisotopic (exact) mass is 221 g/mol. The van der Waals surface area contributed by atoms with E-state index < -0.39 is 0 Å². The van der Waals surface area contributed by atoms with Gasteiger partial charge in [-0.25, -0.2) is 0 Å². The second kappa shape index (κ2) is 4.74. The number of benzene rings is 1. The van der Waals surface area contributed by atoms with Gasteiger partial charge < -0.3 is 15.2 Å². The number of methoxy groups -OCH3 is 2. The number of rotatable bonds is 2. The van der Waals surface area contributed by atoms with Crippen molar-refractivity contribution in [1.29, 1.82) is 0 Å². The number of fused-ring (bicyclic) bond motifs is 1. The molecule has 1 aliphatic carbocycles. The van der Waals surface area contributed by atoms with Gasteiger partial charge in [0.1, 0.15) is 11.5 Å². The molecule has 0 aromatic heterocycles. The second-order valence-electron chi connectivity index (χ2n) is 4.21. The molecule has 1 unspecified atom stereocenters. The lowest BCUT2D eigenvalue weighted by Crippen LogP contribution is -2.12. The molecule has 3 heteroatoms. The van der Waals surface area contributed by atoms with Crippen LogP contribution < -0.4 is 15.2 Å². The molecule has 3 nitrogen and oxygen atoms in total. The van der Waals surface area contributed by atoms with Gasteiger partial charge in [0.05, 0.1) is 14.2 Å². The maximum atomic E-state index is 6.21. The Kier molecular flexibility index (Phi) is 3.34. The zero-order chi connectivity index (χ0) is 11.5. The summed E-state index contributed by atoms with van der Waals surface area (Å²) in [6.45, 7) is 0. The van der Waals surface area contributed by atoms with Crippen molar-refractivity contribution in [3.05, 3.63) is 23.3 Å². The zero-order valence-electron chi connectivity index (χ0n) is 9.95. The Labute approximate surface area is 96.5 Å². The van der Waals surface area contributed by atoms with Crippen LogP contribution in [0.3, 0.4) is 0 Å². The Balaban J connectivity index is 2.56. The third kappa shape index (κ3) is 1.87. The standard InChI is InChI=1S/C13H19NO2/c1-15-11-7-8-12(16-2)13-9(11)5-3-4-6-10(13)14/h7-8,10H,3-6,14H2,1-2H3. The maximum Gasteiger partial charge on any atom is 0.124 e. The minimum atomic E-state index is 0.0718. The fourth-order valence-corrected chi connectivity index (χ4v) is 2.47. The van der Waals surface area contributed by atoms with Crippen molar-refractivity contribution in [2.45, 2.75) is 31.7 Å². The SMILES string of the molecule is COc1ccc(OC)c2c1CCCCC2N. The van der Waals surface area contributed by atoms with Gasteiger partial charge in [-0.2, -0.15) is 0 Å². The fraction of sp³-hybridized carbons (Fsp3) is 0.538. The lowest BCUT2D eigenvalue weighted by molar-refractivity contribution is 0.391. The number of ether oxygens (including phenoxy) is 2. The molecule has 88 valence electrons. The van der Waals surface area contributed by atoms with Crippen LogP contribution in [0.4, 0.5) is 0 Å². The Morgan fingerprint density at radius 2 is 1.81 bits per heavy atom. The van der Waals surface area contributed by atoms with Crippen LogP contribution in [0.15, 0.2) is 12.1 Å². The Hall–Kier alpha value is -1.22. The van der Waals surface area contributed by atoms with Crippen molar-refractivity contribution >= 4 is 0 Å². The minimum absolute atomic E-state index is 0.0718. The molecule has 1 aliphatic rings. The van der Waals surface area contributed by atoms with E-state index in [0.29, 0.717) is 0 Å². The Morgan fingerprint density at radius 3 is 2.50 bits per heavy atom. The molecule has 0 radical (unpaired) electrons. The number of hydrogen-bond acceptors (Lipinski definition) is 3. The molecule has 1 aromatic rings. The molecule has 2 N–H and O–H groups in total. The molecule has 0 saturated heterocycles. The van der Waals surface area contributed by atoms with Gasteiger partial charge in [-0.3, -0.25) is 0 Å². The van der Waals surface area contributed by atoms with Crippen molar-refractivity contribution in [2.24, 2.45) is 5.73 Å². The molecular weight excluding hydrogens is 202 g/mol. The summed E-state index contributed by atoms with van der Waals surface area (Å²) in [4.78, 5) is 0. The van der Waals surface area contributed by atoms with Crippen molar-refractivity contribution in [3.63, 3.8) is 0 Å². The molecule has 0 aliphatic heterocycles. The van der Waals surface area contributed by atoms with Crippen LogP contribution in [0.2, 0.25) is 0 Å². The quantitative estimate of drug-likeness (QED) is 0.780. The average molecular weight is 221 g/mol. The lowest BCUT2D eigenvalue weighted by atomic mass is 9.97. The van der Waals surface area contributed by atoms with Crippen LogP contribution in [-0.2, 0) is 6.42 Å². The van der Waals surface area contributed by atoms with E-state index in [4.69, 9.17) is 15.2 Å². The summed E-state index contributed by atoms with van der Waals surface area (Å²) < 4.78 is 10.8. The Bertz CT molecular complexity index is 376. The van der Waals surface area contributed by atoms with E-state index in [0.717, 1.165) is 29.9 Å². The molecule has 2 rings (SSSR count). The topological polar surface area (TPSA) is 44.5 Å². The number of nitrogens with two attached hydrogens (primary N) is 1. The summed E-state index contributed by atoms with van der Waals surface area (Å²) in [6, 6.07) is 3.99. The summed E-state index contributed by atoms with van der Waals surface area (Å²) in [7, 11) is 3.40. The van der Waals surface area contributed by atoms with Crippen LogP contribution in [0, 0.1) is 0 Å². The second-order valence-corrected chi connectivity index (χ2v) is 4.21. The van der Waals surface area contributed by atoms with Crippen LogP contribution in [0.5, 0.6) is 11.5 Å². The van der Waals surface area contributed by atoms with Crippen LogP contribution in [0.1, 0.15) is 36.4 Å². The molecule has 0 amide bonds. The van der Waals surface area contributed by atoms with E-state index in [9.17, 15) is 0 Å². The predicted molar refractivity (Wildman–Crippen MR) is 64.0 cm³/mol. The molecular formula is C13H19NO2. The molecule has 0 heterocycles. The molecule has 1 aromatic carbocycles. The highest BCUT2D eigenvalue weighted by atomic mass is 16.5. The van der Waals surface area contributed by atoms with Gasteiger partial charge in [-0.15, -0.1) is 0 Å². The minimum Gasteiger partial charge on any atom is -0.496 e. The molecule has 0 fully saturated rings. The van der Waals surface area contributed by atoms with Crippen LogP contribution in [0.25, 0.3) is 0 Å². The van der Waals surface area contributed by atoms with Gasteiger partial charge in [-0.1, -0.05) is 6.42 Å². The fourth-order valence-electron chi connectivity index (χ4n) is 2.47. The largest absolute Gasteiger partial charge is 0.496 e. The summed E-state index contributed by atoms with van der Waals surface area (Å²) in [6.07, 6.45) is 4.40. The predicted octanol–water partition coefficient (Wildman–Crippen LogP) is 2.43. The normalized spacial score (nSPS) is 19.8. The first kappa shape index (κ1) is 11.3. The summed E-state index contributed by atoms with van der Waals surface area (Å²) in [5.41, 5.74) is 8.58. The van der Waals surface area contributed by atoms with Gasteiger partial charge in [0.2, 0.25) is 0 Å². The van der Waals surface area contributed by atoms with Gasteiger partial charge in [0.25, 0.3) is 0 Å². The van der Waals surface area contributed by atoms with E-state index in [1.54, 1.807) is 14.2 Å². The van der Waals surface area contributed by atoms with E-state index in [1.807, 2.05) is 12.1 Å². The summed E-state index contributed by atoms with van der Waals surface area (Å²) in [5, 5.41) is 0. The van der Waals surface area contributed by atoms with Gasteiger partial charge in [0, 0.05) is 17.2 Å². The number of hydrogen-bond donors (Lipinski definition) is 1. The van der Waals surface area contributed by atoms with Gasteiger partial charge >= 0.3 is 0 Å². The van der Waals surface area contributed by atoms with Gasteiger partial charge in [0.15, 0.2) is 0 Å². The van der Waals surface area contributed by atoms with E-state index in [2.05, 4.69) is 0 Å². The maximum absolute atomic E-state index is 6.21. The molecule has 16 heavy (non-hydrogen) atoms. The third-order valence-electron chi connectivity index (χ3n) is 3.28. The summed E-state index contributed by atoms with van der Waals surface area (Å²) in [5.74, 6) is 1.83. The van der Waals surface area contributed by atoms with E-state index in [-0.39, 0.29) is 6.04 Å².